The molecule has 0 aliphatic carbocycles. The molecule has 4 nitrogen and oxygen atoms in total. The maximum absolute atomic E-state index is 14.1. The Morgan fingerprint density at radius 1 is 1.10 bits per heavy atom. The molecule has 0 fully saturated rings. The van der Waals surface area contributed by atoms with E-state index in [4.69, 9.17) is 17.4 Å². The number of hydrogen-bond acceptors (Lipinski definition) is 4. The van der Waals surface area contributed by atoms with Crippen molar-refractivity contribution in [3.63, 3.8) is 0 Å². The predicted octanol–water partition coefficient (Wildman–Crippen LogP) is 5.50. The number of aromatic nitrogens is 1. The third-order valence-electron chi connectivity index (χ3n) is 4.65. The van der Waals surface area contributed by atoms with E-state index in [1.54, 1.807) is 6.07 Å². The van der Waals surface area contributed by atoms with Crippen molar-refractivity contribution in [1.82, 2.24) is 4.98 Å². The van der Waals surface area contributed by atoms with Crippen LogP contribution >= 0.6 is 27.5 Å². The van der Waals surface area contributed by atoms with Gasteiger partial charge in [-0.05, 0) is 51.3 Å². The summed E-state index contributed by atoms with van der Waals surface area (Å²) in [6.07, 6.45) is -10.5. The summed E-state index contributed by atoms with van der Waals surface area (Å²) >= 11 is 8.85. The zero-order valence-corrected chi connectivity index (χ0v) is 16.6. The molecule has 0 radical (unpaired) electrons. The number of hydrogen-bond donors (Lipinski definition) is 2. The molecule has 0 saturated carbocycles. The Morgan fingerprint density at radius 3 is 2.34 bits per heavy atom. The highest BCUT2D eigenvalue weighted by Crippen LogP contribution is 2.49. The molecule has 0 amide bonds. The molecule has 156 valence electrons. The lowest BCUT2D eigenvalue weighted by atomic mass is 9.76. The zero-order valence-electron chi connectivity index (χ0n) is 14.3. The highest BCUT2D eigenvalue weighted by molar-refractivity contribution is 9.10. The van der Waals surface area contributed by atoms with E-state index >= 15 is 0 Å². The van der Waals surface area contributed by atoms with Crippen molar-refractivity contribution in [2.24, 2.45) is 10.8 Å². The summed E-state index contributed by atoms with van der Waals surface area (Å²) in [4.78, 5) is 7.11. The molecule has 1 aliphatic heterocycles. The van der Waals surface area contributed by atoms with Gasteiger partial charge >= 0.3 is 12.4 Å². The van der Waals surface area contributed by atoms with Gasteiger partial charge in [0.25, 0.3) is 0 Å². The summed E-state index contributed by atoms with van der Waals surface area (Å²) in [7, 11) is 0. The summed E-state index contributed by atoms with van der Waals surface area (Å²) in [5.74, 6) is 5.32. The molecule has 3 rings (SSSR count). The lowest BCUT2D eigenvalue weighted by Gasteiger charge is -2.32. The van der Waals surface area contributed by atoms with Gasteiger partial charge in [0.05, 0.1) is 12.2 Å². The Kier molecular flexibility index (Phi) is 5.61. The third-order valence-corrected chi connectivity index (χ3v) is 5.50. The molecule has 29 heavy (non-hydrogen) atoms. The van der Waals surface area contributed by atoms with E-state index in [0.29, 0.717) is 21.8 Å². The molecule has 3 N–H and O–H groups in total. The monoisotopic (exact) mass is 500 g/mol. The number of hydrazine groups is 1. The number of anilines is 1. The SMILES string of the molecule is NNc1ccc(C2=NCC(c3cc(Cl)nc(C(F)(F)F)c3)(C(F)(F)F)C2)cc1Br. The normalized spacial score (nSPS) is 20.0. The number of nitrogens with one attached hydrogen (secondary N) is 1. The van der Waals surface area contributed by atoms with Crippen molar-refractivity contribution >= 4 is 38.9 Å². The molecule has 1 aromatic carbocycles. The first-order valence-corrected chi connectivity index (χ1v) is 9.16. The Labute approximate surface area is 174 Å². The number of rotatable bonds is 3. The average molecular weight is 502 g/mol. The van der Waals surface area contributed by atoms with E-state index in [0.717, 1.165) is 6.07 Å². The van der Waals surface area contributed by atoms with Crippen LogP contribution in [0.5, 0.6) is 0 Å². The standard InChI is InChI=1S/C17H12BrClF6N4/c18-10-3-8(1-2-11(10)29-26)12-6-15(7-27-12,17(23,24)25)9-4-13(16(20,21)22)28-14(19)5-9/h1-5,29H,6-7,26H2. The molecule has 1 aromatic heterocycles. The van der Waals surface area contributed by atoms with Gasteiger partial charge in [0.1, 0.15) is 16.3 Å². The van der Waals surface area contributed by atoms with Gasteiger partial charge in [-0.1, -0.05) is 17.7 Å². The average Bonchev–Trinajstić information content (AvgIpc) is 3.07. The van der Waals surface area contributed by atoms with Crippen LogP contribution in [0.2, 0.25) is 5.15 Å². The number of nitrogens with two attached hydrogens (primary N) is 1. The van der Waals surface area contributed by atoms with Gasteiger partial charge in [0.2, 0.25) is 0 Å². The van der Waals surface area contributed by atoms with Crippen molar-refractivity contribution in [2.45, 2.75) is 24.2 Å². The van der Waals surface area contributed by atoms with E-state index in [2.05, 4.69) is 31.3 Å². The lowest BCUT2D eigenvalue weighted by Crippen LogP contribution is -2.44. The molecule has 1 atom stereocenters. The molecule has 0 spiro atoms. The maximum atomic E-state index is 14.1. The smallest absolute Gasteiger partial charge is 0.323 e. The van der Waals surface area contributed by atoms with Gasteiger partial charge in [-0.2, -0.15) is 26.3 Å². The van der Waals surface area contributed by atoms with Gasteiger partial charge in [0.15, 0.2) is 0 Å². The summed E-state index contributed by atoms with van der Waals surface area (Å²) in [5, 5.41) is -0.673. The summed E-state index contributed by atoms with van der Waals surface area (Å²) in [6, 6.07) is 5.78. The van der Waals surface area contributed by atoms with Gasteiger partial charge in [-0.25, -0.2) is 4.98 Å². The Hall–Kier alpha value is -1.85. The van der Waals surface area contributed by atoms with Crippen LogP contribution in [-0.2, 0) is 11.6 Å². The van der Waals surface area contributed by atoms with Gasteiger partial charge in [-0.15, -0.1) is 0 Å². The molecule has 0 bridgehead atoms. The highest BCUT2D eigenvalue weighted by Gasteiger charge is 2.59. The number of nitrogens with zero attached hydrogens (tertiary/aromatic N) is 2. The van der Waals surface area contributed by atoms with Crippen molar-refractivity contribution in [2.75, 3.05) is 12.0 Å². The van der Waals surface area contributed by atoms with Crippen LogP contribution in [0, 0.1) is 0 Å². The Bertz CT molecular complexity index is 975. The van der Waals surface area contributed by atoms with E-state index in [1.807, 2.05) is 0 Å². The van der Waals surface area contributed by atoms with Crippen LogP contribution in [0.25, 0.3) is 0 Å². The fourth-order valence-corrected chi connectivity index (χ4v) is 3.80. The van der Waals surface area contributed by atoms with E-state index in [1.165, 1.54) is 12.1 Å². The van der Waals surface area contributed by atoms with Crippen LogP contribution in [0.1, 0.15) is 23.2 Å². The Balaban J connectivity index is 2.06. The van der Waals surface area contributed by atoms with Crippen molar-refractivity contribution in [3.8, 4) is 0 Å². The summed E-state index contributed by atoms with van der Waals surface area (Å²) < 4.78 is 82.0. The molecule has 0 saturated heterocycles. The second-order valence-electron chi connectivity index (χ2n) is 6.42. The Morgan fingerprint density at radius 2 is 1.79 bits per heavy atom. The van der Waals surface area contributed by atoms with Crippen molar-refractivity contribution < 1.29 is 26.3 Å². The number of alkyl halides is 6. The number of nitrogen functional groups attached to an aromatic ring is 1. The minimum Gasteiger partial charge on any atom is -0.323 e. The molecule has 2 heterocycles. The first kappa shape index (κ1) is 21.8. The molecular weight excluding hydrogens is 490 g/mol. The highest BCUT2D eigenvalue weighted by atomic mass is 79.9. The minimum atomic E-state index is -4.94. The number of aliphatic imine (C=N–C) groups is 1. The van der Waals surface area contributed by atoms with Crippen molar-refractivity contribution in [1.29, 1.82) is 0 Å². The fraction of sp³-hybridized carbons (Fsp3) is 0.294. The van der Waals surface area contributed by atoms with E-state index in [9.17, 15) is 26.3 Å². The molecule has 1 aliphatic rings. The summed E-state index contributed by atoms with van der Waals surface area (Å²) in [5.41, 5.74) is -1.36. The zero-order chi connectivity index (χ0) is 21.6. The van der Waals surface area contributed by atoms with Crippen LogP contribution in [-0.4, -0.2) is 23.4 Å². The summed E-state index contributed by atoms with van der Waals surface area (Å²) in [6.45, 7) is -0.766. The maximum Gasteiger partial charge on any atom is 0.433 e. The third kappa shape index (κ3) is 4.08. The van der Waals surface area contributed by atoms with E-state index < -0.39 is 47.1 Å². The number of halogens is 8. The van der Waals surface area contributed by atoms with Gasteiger partial charge in [-0.3, -0.25) is 10.8 Å². The second kappa shape index (κ2) is 7.44. The molecular formula is C17H12BrClF6N4. The molecule has 12 heteroatoms. The van der Waals surface area contributed by atoms with Gasteiger partial charge < -0.3 is 5.43 Å². The topological polar surface area (TPSA) is 63.3 Å². The van der Waals surface area contributed by atoms with Crippen LogP contribution in [0.3, 0.4) is 0 Å². The molecule has 1 unspecified atom stereocenters. The second-order valence-corrected chi connectivity index (χ2v) is 7.66. The fourth-order valence-electron chi connectivity index (χ4n) is 3.10. The lowest BCUT2D eigenvalue weighted by molar-refractivity contribution is -0.184. The number of pyridine rings is 1. The van der Waals surface area contributed by atoms with Crippen molar-refractivity contribution in [3.05, 3.63) is 56.8 Å². The quantitative estimate of drug-likeness (QED) is 0.253. The van der Waals surface area contributed by atoms with Gasteiger partial charge in [0, 0.05) is 16.6 Å². The van der Waals surface area contributed by atoms with Crippen LogP contribution in [0.4, 0.5) is 32.0 Å². The van der Waals surface area contributed by atoms with Crippen LogP contribution in [0.15, 0.2) is 39.8 Å². The van der Waals surface area contributed by atoms with Crippen LogP contribution < -0.4 is 11.3 Å². The largest absolute Gasteiger partial charge is 0.433 e. The first-order chi connectivity index (χ1) is 13.4. The minimum absolute atomic E-state index is 0.105. The number of benzene rings is 1. The first-order valence-electron chi connectivity index (χ1n) is 7.99. The predicted molar refractivity (Wildman–Crippen MR) is 100.0 cm³/mol. The van der Waals surface area contributed by atoms with E-state index in [-0.39, 0.29) is 5.71 Å². The molecule has 2 aromatic rings.